The fourth-order valence-corrected chi connectivity index (χ4v) is 3.53. The van der Waals surface area contributed by atoms with Gasteiger partial charge in [-0.15, -0.1) is 0 Å². The van der Waals surface area contributed by atoms with E-state index in [0.29, 0.717) is 11.3 Å². The third-order valence-corrected chi connectivity index (χ3v) is 5.20. The molecule has 0 unspecified atom stereocenters. The van der Waals surface area contributed by atoms with Crippen LogP contribution in [-0.4, -0.2) is 5.91 Å². The molecule has 4 nitrogen and oxygen atoms in total. The van der Waals surface area contributed by atoms with Crippen LogP contribution in [0.3, 0.4) is 0 Å². The van der Waals surface area contributed by atoms with E-state index in [9.17, 15) is 14.4 Å². The number of hydrogen-bond acceptors (Lipinski definition) is 3. The smallest absolute Gasteiger partial charge is 0.266 e. The molecule has 0 bridgehead atoms. The summed E-state index contributed by atoms with van der Waals surface area (Å²) in [5.74, 6) is -0.617. The number of nitrogens with one attached hydrogen (secondary N) is 1. The maximum Gasteiger partial charge on any atom is 0.266 e. The molecule has 162 valence electrons. The molecular formula is C25H19Cl2FN2O2. The van der Waals surface area contributed by atoms with Crippen molar-refractivity contribution in [3.63, 3.8) is 0 Å². The van der Waals surface area contributed by atoms with Gasteiger partial charge in [0, 0.05) is 5.69 Å². The first-order valence-corrected chi connectivity index (χ1v) is 10.4. The standard InChI is InChI=1S/C25H19Cl2FN2O2/c1-15-3-4-16(2)23(9-15)30-25(31)19(13-29)10-18-11-21(26)24(22(27)12-18)32-14-17-5-7-20(28)8-6-17/h3-12H,14H2,1-2H3,(H,30,31)/b19-10+. The fraction of sp³-hybridized carbons (Fsp3) is 0.120. The summed E-state index contributed by atoms with van der Waals surface area (Å²) >= 11 is 12.6. The van der Waals surface area contributed by atoms with E-state index < -0.39 is 5.91 Å². The Balaban J connectivity index is 1.78. The number of aryl methyl sites for hydroxylation is 2. The summed E-state index contributed by atoms with van der Waals surface area (Å²) in [6.07, 6.45) is 1.40. The lowest BCUT2D eigenvalue weighted by molar-refractivity contribution is -0.112. The average molecular weight is 469 g/mol. The summed E-state index contributed by atoms with van der Waals surface area (Å²) in [5.41, 5.74) is 3.63. The number of halogens is 3. The molecule has 7 heteroatoms. The van der Waals surface area contributed by atoms with Crippen molar-refractivity contribution in [3.05, 3.63) is 98.3 Å². The van der Waals surface area contributed by atoms with Crippen LogP contribution < -0.4 is 10.1 Å². The first-order valence-electron chi connectivity index (χ1n) is 9.63. The van der Waals surface area contributed by atoms with E-state index in [1.807, 2.05) is 38.1 Å². The monoisotopic (exact) mass is 468 g/mol. The van der Waals surface area contributed by atoms with Crippen LogP contribution in [0.4, 0.5) is 10.1 Å². The Kier molecular flexibility index (Phi) is 7.53. The minimum Gasteiger partial charge on any atom is -0.486 e. The molecule has 3 rings (SSSR count). The van der Waals surface area contributed by atoms with Gasteiger partial charge in [0.2, 0.25) is 0 Å². The molecule has 3 aromatic carbocycles. The van der Waals surface area contributed by atoms with Crippen molar-refractivity contribution in [2.45, 2.75) is 20.5 Å². The second kappa shape index (κ2) is 10.3. The summed E-state index contributed by atoms with van der Waals surface area (Å²) in [4.78, 5) is 12.6. The van der Waals surface area contributed by atoms with Crippen molar-refractivity contribution in [2.75, 3.05) is 5.32 Å². The summed E-state index contributed by atoms with van der Waals surface area (Å²) < 4.78 is 18.7. The average Bonchev–Trinajstić information content (AvgIpc) is 2.75. The zero-order valence-electron chi connectivity index (χ0n) is 17.4. The molecule has 1 N–H and O–H groups in total. The maximum absolute atomic E-state index is 13.0. The van der Waals surface area contributed by atoms with Crippen molar-refractivity contribution in [2.24, 2.45) is 0 Å². The molecule has 0 saturated carbocycles. The molecule has 32 heavy (non-hydrogen) atoms. The van der Waals surface area contributed by atoms with Crippen LogP contribution in [0.2, 0.25) is 10.0 Å². The Bertz CT molecular complexity index is 1210. The lowest BCUT2D eigenvalue weighted by Gasteiger charge is -2.12. The normalized spacial score (nSPS) is 11.1. The highest BCUT2D eigenvalue weighted by molar-refractivity contribution is 6.37. The highest BCUT2D eigenvalue weighted by Crippen LogP contribution is 2.35. The van der Waals surface area contributed by atoms with Crippen LogP contribution in [-0.2, 0) is 11.4 Å². The van der Waals surface area contributed by atoms with Gasteiger partial charge in [0.05, 0.1) is 10.0 Å². The van der Waals surface area contributed by atoms with Gasteiger partial charge >= 0.3 is 0 Å². The third kappa shape index (κ3) is 5.88. The van der Waals surface area contributed by atoms with Crippen LogP contribution in [0.25, 0.3) is 6.08 Å². The molecule has 3 aromatic rings. The first-order chi connectivity index (χ1) is 15.3. The Morgan fingerprint density at radius 1 is 1.09 bits per heavy atom. The second-order valence-corrected chi connectivity index (χ2v) is 7.99. The van der Waals surface area contributed by atoms with Crippen LogP contribution in [0.1, 0.15) is 22.3 Å². The quantitative estimate of drug-likeness (QED) is 0.316. The van der Waals surface area contributed by atoms with Gasteiger partial charge in [-0.1, -0.05) is 47.5 Å². The van der Waals surface area contributed by atoms with Crippen LogP contribution >= 0.6 is 23.2 Å². The Morgan fingerprint density at radius 3 is 2.38 bits per heavy atom. The van der Waals surface area contributed by atoms with Crippen molar-refractivity contribution < 1.29 is 13.9 Å². The Hall–Kier alpha value is -3.33. The van der Waals surface area contributed by atoms with E-state index in [2.05, 4.69) is 5.32 Å². The molecular weight excluding hydrogens is 450 g/mol. The highest BCUT2D eigenvalue weighted by Gasteiger charge is 2.14. The van der Waals surface area contributed by atoms with Crippen LogP contribution in [0.15, 0.2) is 60.2 Å². The summed E-state index contributed by atoms with van der Waals surface area (Å²) in [6, 6.07) is 16.6. The topological polar surface area (TPSA) is 62.1 Å². The third-order valence-electron chi connectivity index (χ3n) is 4.63. The van der Waals surface area contributed by atoms with E-state index in [0.717, 1.165) is 16.7 Å². The largest absolute Gasteiger partial charge is 0.486 e. The summed E-state index contributed by atoms with van der Waals surface area (Å²) in [5, 5.41) is 12.7. The molecule has 0 fully saturated rings. The van der Waals surface area contributed by atoms with E-state index >= 15 is 0 Å². The number of carbonyl (C=O) groups is 1. The van der Waals surface area contributed by atoms with Gasteiger partial charge in [-0.25, -0.2) is 4.39 Å². The van der Waals surface area contributed by atoms with Crippen LogP contribution in [0.5, 0.6) is 5.75 Å². The molecule has 0 aromatic heterocycles. The SMILES string of the molecule is Cc1ccc(C)c(NC(=O)/C(C#N)=C/c2cc(Cl)c(OCc3ccc(F)cc3)c(Cl)c2)c1. The lowest BCUT2D eigenvalue weighted by Crippen LogP contribution is -2.14. The van der Waals surface area contributed by atoms with Gasteiger partial charge in [-0.05, 0) is 72.5 Å². The van der Waals surface area contributed by atoms with Crippen molar-refractivity contribution >= 4 is 40.9 Å². The molecule has 0 heterocycles. The number of benzene rings is 3. The zero-order chi connectivity index (χ0) is 23.3. The molecule has 0 aliphatic carbocycles. The van der Waals surface area contributed by atoms with Gasteiger partial charge in [-0.3, -0.25) is 4.79 Å². The van der Waals surface area contributed by atoms with Crippen LogP contribution in [0, 0.1) is 31.0 Å². The van der Waals surface area contributed by atoms with Gasteiger partial charge in [0.15, 0.2) is 5.75 Å². The molecule has 0 spiro atoms. The predicted octanol–water partition coefficient (Wildman–Crippen LogP) is 6.87. The predicted molar refractivity (Wildman–Crippen MR) is 125 cm³/mol. The highest BCUT2D eigenvalue weighted by atomic mass is 35.5. The number of carbonyl (C=O) groups excluding carboxylic acids is 1. The van der Waals surface area contributed by atoms with Gasteiger partial charge in [0.1, 0.15) is 24.1 Å². The molecule has 0 atom stereocenters. The Labute approximate surface area is 195 Å². The Morgan fingerprint density at radius 2 is 1.75 bits per heavy atom. The number of hydrogen-bond donors (Lipinski definition) is 1. The van der Waals surface area contributed by atoms with Crippen molar-refractivity contribution in [1.29, 1.82) is 5.26 Å². The number of ether oxygens (including phenoxy) is 1. The number of nitriles is 1. The molecule has 1 amide bonds. The first kappa shape index (κ1) is 23.3. The lowest BCUT2D eigenvalue weighted by atomic mass is 10.1. The number of anilines is 1. The number of nitrogens with zero attached hydrogens (tertiary/aromatic N) is 1. The van der Waals surface area contributed by atoms with Crippen molar-refractivity contribution in [1.82, 2.24) is 0 Å². The van der Waals surface area contributed by atoms with Gasteiger partial charge < -0.3 is 10.1 Å². The zero-order valence-corrected chi connectivity index (χ0v) is 18.9. The van der Waals surface area contributed by atoms with E-state index in [-0.39, 0.29) is 33.8 Å². The van der Waals surface area contributed by atoms with E-state index in [1.54, 1.807) is 24.3 Å². The molecule has 0 radical (unpaired) electrons. The van der Waals surface area contributed by atoms with E-state index in [1.165, 1.54) is 18.2 Å². The van der Waals surface area contributed by atoms with E-state index in [4.69, 9.17) is 27.9 Å². The number of amides is 1. The molecule has 0 saturated heterocycles. The summed E-state index contributed by atoms with van der Waals surface area (Å²) in [7, 11) is 0. The number of rotatable bonds is 6. The summed E-state index contributed by atoms with van der Waals surface area (Å²) in [6.45, 7) is 3.94. The minimum atomic E-state index is -0.537. The maximum atomic E-state index is 13.0. The molecule has 0 aliphatic rings. The minimum absolute atomic E-state index is 0.0991. The van der Waals surface area contributed by atoms with Gasteiger partial charge in [-0.2, -0.15) is 5.26 Å². The fourth-order valence-electron chi connectivity index (χ4n) is 2.91. The van der Waals surface area contributed by atoms with Gasteiger partial charge in [0.25, 0.3) is 5.91 Å². The molecule has 0 aliphatic heterocycles. The van der Waals surface area contributed by atoms with Crippen molar-refractivity contribution in [3.8, 4) is 11.8 Å². The second-order valence-electron chi connectivity index (χ2n) is 7.17.